The van der Waals surface area contributed by atoms with Gasteiger partial charge in [-0.25, -0.2) is 4.98 Å². The van der Waals surface area contributed by atoms with E-state index < -0.39 is 0 Å². The van der Waals surface area contributed by atoms with E-state index in [-0.39, 0.29) is 0 Å². The molecule has 102 valence electrons. The predicted molar refractivity (Wildman–Crippen MR) is 75.3 cm³/mol. The molecule has 0 aliphatic heterocycles. The van der Waals surface area contributed by atoms with Crippen LogP contribution in [0.3, 0.4) is 0 Å². The van der Waals surface area contributed by atoms with Crippen molar-refractivity contribution >= 4 is 0 Å². The Bertz CT molecular complexity index is 586. The zero-order valence-corrected chi connectivity index (χ0v) is 12.1. The Hall–Kier alpha value is -1.75. The molecular weight excluding hydrogens is 238 g/mol. The van der Waals surface area contributed by atoms with Crippen LogP contribution >= 0.6 is 0 Å². The third-order valence-electron chi connectivity index (χ3n) is 3.62. The summed E-state index contributed by atoms with van der Waals surface area (Å²) in [5, 5.41) is 8.72. The first kappa shape index (κ1) is 13.7. The Labute approximate surface area is 113 Å². The van der Waals surface area contributed by atoms with E-state index in [4.69, 9.17) is 5.73 Å². The Morgan fingerprint density at radius 1 is 1.11 bits per heavy atom. The average Bonchev–Trinajstić information content (AvgIpc) is 2.77. The largest absolute Gasteiger partial charge is 0.326 e. The summed E-state index contributed by atoms with van der Waals surface area (Å²) < 4.78 is 1.98. The summed E-state index contributed by atoms with van der Waals surface area (Å²) in [5.74, 6) is 0.814. The molecule has 0 aromatic carbocycles. The monoisotopic (exact) mass is 259 g/mol. The number of imidazole rings is 1. The second kappa shape index (κ2) is 5.48. The van der Waals surface area contributed by atoms with Gasteiger partial charge in [0.2, 0.25) is 0 Å². The lowest BCUT2D eigenvalue weighted by molar-refractivity contribution is 0.791. The summed E-state index contributed by atoms with van der Waals surface area (Å²) >= 11 is 0. The summed E-state index contributed by atoms with van der Waals surface area (Å²) in [7, 11) is 0. The van der Waals surface area contributed by atoms with Gasteiger partial charge in [-0.05, 0) is 32.3 Å². The maximum Gasteiger partial charge on any atom is 0.165 e. The molecule has 0 spiro atoms. The number of hydrogen-bond acceptors (Lipinski definition) is 4. The number of nitrogens with zero attached hydrogens (tertiary/aromatic N) is 4. The second-order valence-electron chi connectivity index (χ2n) is 4.62. The van der Waals surface area contributed by atoms with Gasteiger partial charge in [0.25, 0.3) is 0 Å². The maximum absolute atomic E-state index is 5.94. The number of hydrogen-bond donors (Lipinski definition) is 1. The van der Waals surface area contributed by atoms with Crippen molar-refractivity contribution < 1.29 is 0 Å². The lowest BCUT2D eigenvalue weighted by Gasteiger charge is -2.15. The molecule has 0 saturated heterocycles. The number of aryl methyl sites for hydroxylation is 2. The predicted octanol–water partition coefficient (Wildman–Crippen LogP) is 1.86. The first-order chi connectivity index (χ1) is 9.13. The molecule has 0 atom stereocenters. The van der Waals surface area contributed by atoms with Crippen LogP contribution in [0.1, 0.15) is 42.1 Å². The normalized spacial score (nSPS) is 11.0. The number of nitrogens with two attached hydrogens (primary N) is 1. The highest BCUT2D eigenvalue weighted by Gasteiger charge is 2.16. The zero-order chi connectivity index (χ0) is 14.0. The molecule has 2 aromatic rings. The number of aromatic nitrogens is 4. The van der Waals surface area contributed by atoms with Crippen molar-refractivity contribution in [2.45, 2.75) is 47.1 Å². The highest BCUT2D eigenvalue weighted by Crippen LogP contribution is 2.21. The summed E-state index contributed by atoms with van der Waals surface area (Å²) in [5.41, 5.74) is 11.4. The van der Waals surface area contributed by atoms with Gasteiger partial charge in [-0.2, -0.15) is 5.10 Å². The Morgan fingerprint density at radius 3 is 2.32 bits per heavy atom. The fraction of sp³-hybridized carbons (Fsp3) is 0.500. The standard InChI is InChI=1S/C14H21N5/c1-5-11-12(7-15)14(18-17-13(11)6-2)19-8-16-9(3)10(19)4/h8H,5-7,15H2,1-4H3. The van der Waals surface area contributed by atoms with E-state index in [0.717, 1.165) is 41.3 Å². The van der Waals surface area contributed by atoms with Crippen molar-refractivity contribution in [1.29, 1.82) is 0 Å². The lowest BCUT2D eigenvalue weighted by Crippen LogP contribution is -2.14. The first-order valence-electron chi connectivity index (χ1n) is 6.72. The highest BCUT2D eigenvalue weighted by molar-refractivity contribution is 5.43. The highest BCUT2D eigenvalue weighted by atomic mass is 15.2. The van der Waals surface area contributed by atoms with Gasteiger partial charge in [-0.15, -0.1) is 5.10 Å². The summed E-state index contributed by atoms with van der Waals surface area (Å²) in [4.78, 5) is 4.32. The smallest absolute Gasteiger partial charge is 0.165 e. The van der Waals surface area contributed by atoms with Crippen LogP contribution in [0.25, 0.3) is 5.82 Å². The molecule has 5 heteroatoms. The van der Waals surface area contributed by atoms with Crippen molar-refractivity contribution in [3.05, 3.63) is 34.5 Å². The van der Waals surface area contributed by atoms with Gasteiger partial charge in [0.15, 0.2) is 5.82 Å². The molecule has 0 radical (unpaired) electrons. The van der Waals surface area contributed by atoms with Gasteiger partial charge in [0, 0.05) is 17.8 Å². The van der Waals surface area contributed by atoms with Crippen LogP contribution in [-0.4, -0.2) is 19.7 Å². The quantitative estimate of drug-likeness (QED) is 0.910. The van der Waals surface area contributed by atoms with Crippen molar-refractivity contribution in [2.24, 2.45) is 5.73 Å². The van der Waals surface area contributed by atoms with Gasteiger partial charge in [-0.3, -0.25) is 4.57 Å². The molecule has 5 nitrogen and oxygen atoms in total. The minimum Gasteiger partial charge on any atom is -0.326 e. The minimum absolute atomic E-state index is 0.470. The molecule has 0 aliphatic carbocycles. The molecule has 0 unspecified atom stereocenters. The maximum atomic E-state index is 5.94. The molecule has 0 saturated carbocycles. The molecule has 2 rings (SSSR count). The molecule has 19 heavy (non-hydrogen) atoms. The minimum atomic E-state index is 0.470. The second-order valence-corrected chi connectivity index (χ2v) is 4.62. The summed E-state index contributed by atoms with van der Waals surface area (Å²) in [6.07, 6.45) is 3.59. The van der Waals surface area contributed by atoms with E-state index in [9.17, 15) is 0 Å². The van der Waals surface area contributed by atoms with Crippen LogP contribution in [0.2, 0.25) is 0 Å². The zero-order valence-electron chi connectivity index (χ0n) is 12.1. The molecular formula is C14H21N5. The van der Waals surface area contributed by atoms with E-state index in [2.05, 4.69) is 29.0 Å². The van der Waals surface area contributed by atoms with Crippen LogP contribution in [0.4, 0.5) is 0 Å². The van der Waals surface area contributed by atoms with Crippen LogP contribution in [0.5, 0.6) is 0 Å². The molecule has 2 aromatic heterocycles. The Kier molecular flexibility index (Phi) is 3.95. The van der Waals surface area contributed by atoms with Gasteiger partial charge < -0.3 is 5.73 Å². The average molecular weight is 259 g/mol. The summed E-state index contributed by atoms with van der Waals surface area (Å²) in [6.45, 7) is 8.71. The number of rotatable bonds is 4. The topological polar surface area (TPSA) is 69.6 Å². The van der Waals surface area contributed by atoms with Gasteiger partial charge in [0.1, 0.15) is 6.33 Å². The third kappa shape index (κ3) is 2.26. The summed E-state index contributed by atoms with van der Waals surface area (Å²) in [6, 6.07) is 0. The Morgan fingerprint density at radius 2 is 1.84 bits per heavy atom. The van der Waals surface area contributed by atoms with Gasteiger partial charge in [-0.1, -0.05) is 13.8 Å². The lowest BCUT2D eigenvalue weighted by atomic mass is 10.0. The first-order valence-corrected chi connectivity index (χ1v) is 6.72. The molecule has 0 bridgehead atoms. The molecule has 2 heterocycles. The van der Waals surface area contributed by atoms with Gasteiger partial charge >= 0.3 is 0 Å². The Balaban J connectivity index is 2.67. The molecule has 0 fully saturated rings. The fourth-order valence-corrected chi connectivity index (χ4v) is 2.36. The van der Waals surface area contributed by atoms with Gasteiger partial charge in [0.05, 0.1) is 11.4 Å². The molecule has 2 N–H and O–H groups in total. The third-order valence-corrected chi connectivity index (χ3v) is 3.62. The van der Waals surface area contributed by atoms with E-state index in [1.54, 1.807) is 6.33 Å². The van der Waals surface area contributed by atoms with Crippen molar-refractivity contribution in [2.75, 3.05) is 0 Å². The molecule has 0 aliphatic rings. The SMILES string of the molecule is CCc1nnc(-n2cnc(C)c2C)c(CN)c1CC. The van der Waals surface area contributed by atoms with Crippen molar-refractivity contribution in [1.82, 2.24) is 19.7 Å². The van der Waals surface area contributed by atoms with Crippen molar-refractivity contribution in [3.8, 4) is 5.82 Å². The van der Waals surface area contributed by atoms with Crippen molar-refractivity contribution in [3.63, 3.8) is 0 Å². The molecule has 0 amide bonds. The van der Waals surface area contributed by atoms with E-state index in [1.165, 1.54) is 5.56 Å². The van der Waals surface area contributed by atoms with Crippen LogP contribution in [0, 0.1) is 13.8 Å². The van der Waals surface area contributed by atoms with Crippen LogP contribution < -0.4 is 5.73 Å². The van der Waals surface area contributed by atoms with E-state index >= 15 is 0 Å². The van der Waals surface area contributed by atoms with Crippen LogP contribution in [-0.2, 0) is 19.4 Å². The fourth-order valence-electron chi connectivity index (χ4n) is 2.36. The van der Waals surface area contributed by atoms with E-state index in [0.29, 0.717) is 6.54 Å². The van der Waals surface area contributed by atoms with Crippen LogP contribution in [0.15, 0.2) is 6.33 Å². The van der Waals surface area contributed by atoms with E-state index in [1.807, 2.05) is 18.4 Å².